The third-order valence-electron chi connectivity index (χ3n) is 4.12. The Morgan fingerprint density at radius 2 is 2.00 bits per heavy atom. The molecule has 2 N–H and O–H groups in total. The van der Waals surface area contributed by atoms with E-state index in [1.165, 1.54) is 13.2 Å². The van der Waals surface area contributed by atoms with E-state index in [0.29, 0.717) is 23.2 Å². The molecule has 2 aromatic carbocycles. The third kappa shape index (κ3) is 5.03. The molecule has 10 nitrogen and oxygen atoms in total. The Kier molecular flexibility index (Phi) is 6.61. The van der Waals surface area contributed by atoms with E-state index >= 15 is 0 Å². The Morgan fingerprint density at radius 1 is 1.32 bits per heavy atom. The minimum absolute atomic E-state index is 0.0192. The number of nitro groups is 1. The van der Waals surface area contributed by atoms with Crippen LogP contribution in [-0.4, -0.2) is 45.6 Å². The zero-order valence-corrected chi connectivity index (χ0v) is 18.2. The minimum Gasteiger partial charge on any atom is -0.506 e. The molecular formula is C19H14BrN3O7S. The fraction of sp³-hybridized carbons (Fsp3) is 0.105. The van der Waals surface area contributed by atoms with Crippen molar-refractivity contribution in [2.45, 2.75) is 0 Å². The van der Waals surface area contributed by atoms with Gasteiger partial charge in [0.25, 0.3) is 16.8 Å². The number of nitro benzene ring substituents is 1. The van der Waals surface area contributed by atoms with Crippen LogP contribution in [0.3, 0.4) is 0 Å². The zero-order valence-electron chi connectivity index (χ0n) is 15.8. The maximum absolute atomic E-state index is 12.6. The standard InChI is InChI=1S/C19H14BrN3O7S/c1-30-13-4-2-11(3-5-13)21-16(24)9-22-18(26)15(31-19(22)27)7-10-6-12(23(28)29)8-14(20)17(10)25/h2-8,25H,9H2,1H3,(H,21,24)/b15-7+. The monoisotopic (exact) mass is 507 g/mol. The molecule has 0 saturated carbocycles. The molecule has 3 amide bonds. The maximum Gasteiger partial charge on any atom is 0.294 e. The van der Waals surface area contributed by atoms with Crippen LogP contribution in [0.2, 0.25) is 0 Å². The molecule has 0 bridgehead atoms. The van der Waals surface area contributed by atoms with Crippen LogP contribution in [0.5, 0.6) is 11.5 Å². The summed E-state index contributed by atoms with van der Waals surface area (Å²) in [7, 11) is 1.51. The number of phenols is 1. The van der Waals surface area contributed by atoms with E-state index in [2.05, 4.69) is 21.2 Å². The Bertz CT molecular complexity index is 1120. The fourth-order valence-corrected chi connectivity index (χ4v) is 3.91. The predicted molar refractivity (Wildman–Crippen MR) is 117 cm³/mol. The molecule has 31 heavy (non-hydrogen) atoms. The summed E-state index contributed by atoms with van der Waals surface area (Å²) in [4.78, 5) is 48.1. The number of nitrogens with zero attached hydrogens (tertiary/aromatic N) is 2. The van der Waals surface area contributed by atoms with E-state index in [1.807, 2.05) is 0 Å². The van der Waals surface area contributed by atoms with Crippen molar-refractivity contribution < 1.29 is 29.2 Å². The average Bonchev–Trinajstić information content (AvgIpc) is 2.99. The van der Waals surface area contributed by atoms with E-state index < -0.39 is 28.5 Å². The first-order valence-electron chi connectivity index (χ1n) is 8.55. The lowest BCUT2D eigenvalue weighted by molar-refractivity contribution is -0.385. The molecule has 1 aliphatic heterocycles. The van der Waals surface area contributed by atoms with E-state index in [0.717, 1.165) is 17.0 Å². The van der Waals surface area contributed by atoms with Gasteiger partial charge in [-0.2, -0.15) is 0 Å². The Balaban J connectivity index is 1.76. The van der Waals surface area contributed by atoms with Crippen molar-refractivity contribution in [3.05, 3.63) is 61.5 Å². The SMILES string of the molecule is COc1ccc(NC(=O)CN2C(=O)S/C(=C/c3cc([N+](=O)[O-])cc(Br)c3O)C2=O)cc1. The van der Waals surface area contributed by atoms with Crippen LogP contribution >= 0.6 is 27.7 Å². The minimum atomic E-state index is -0.748. The van der Waals surface area contributed by atoms with Crippen molar-refractivity contribution in [2.24, 2.45) is 0 Å². The number of anilines is 1. The first-order valence-corrected chi connectivity index (χ1v) is 10.2. The second kappa shape index (κ2) is 9.18. The topological polar surface area (TPSA) is 139 Å². The quantitative estimate of drug-likeness (QED) is 0.342. The molecule has 12 heteroatoms. The number of hydrogen-bond acceptors (Lipinski definition) is 8. The van der Waals surface area contributed by atoms with E-state index in [4.69, 9.17) is 4.74 Å². The number of nitrogens with one attached hydrogen (secondary N) is 1. The summed E-state index contributed by atoms with van der Waals surface area (Å²) in [6.45, 7) is -0.515. The average molecular weight is 508 g/mol. The molecular weight excluding hydrogens is 494 g/mol. The predicted octanol–water partition coefficient (Wildman–Crippen LogP) is 3.75. The summed E-state index contributed by atoms with van der Waals surface area (Å²) >= 11 is 3.58. The number of amides is 3. The number of hydrogen-bond donors (Lipinski definition) is 2. The molecule has 1 heterocycles. The Hall–Kier alpha value is -3.38. The summed E-state index contributed by atoms with van der Waals surface area (Å²) in [5, 5.41) is 23.0. The van der Waals surface area contributed by atoms with Gasteiger partial charge in [0.2, 0.25) is 5.91 Å². The first kappa shape index (κ1) is 22.3. The fourth-order valence-electron chi connectivity index (χ4n) is 2.62. The maximum atomic E-state index is 12.6. The first-order chi connectivity index (χ1) is 14.7. The van der Waals surface area contributed by atoms with Gasteiger partial charge in [-0.15, -0.1) is 0 Å². The molecule has 1 fully saturated rings. The number of halogens is 1. The number of methoxy groups -OCH3 is 1. The van der Waals surface area contributed by atoms with Crippen molar-refractivity contribution in [1.82, 2.24) is 4.90 Å². The number of benzene rings is 2. The molecule has 1 aliphatic rings. The van der Waals surface area contributed by atoms with Crippen LogP contribution in [0.1, 0.15) is 5.56 Å². The molecule has 0 aliphatic carbocycles. The molecule has 0 radical (unpaired) electrons. The van der Waals surface area contributed by atoms with Crippen LogP contribution in [-0.2, 0) is 9.59 Å². The number of carbonyl (C=O) groups excluding carboxylic acids is 3. The van der Waals surface area contributed by atoms with Crippen LogP contribution in [0.4, 0.5) is 16.2 Å². The van der Waals surface area contributed by atoms with Crippen molar-refractivity contribution in [3.63, 3.8) is 0 Å². The number of rotatable bonds is 6. The second-order valence-corrected chi connectivity index (χ2v) is 8.01. The molecule has 0 atom stereocenters. The van der Waals surface area contributed by atoms with Gasteiger partial charge in [-0.25, -0.2) is 0 Å². The highest BCUT2D eigenvalue weighted by Gasteiger charge is 2.36. The highest BCUT2D eigenvalue weighted by molar-refractivity contribution is 9.10. The van der Waals surface area contributed by atoms with Gasteiger partial charge in [0.05, 0.1) is 21.4 Å². The zero-order chi connectivity index (χ0) is 22.7. The van der Waals surface area contributed by atoms with Gasteiger partial charge in [0, 0.05) is 23.4 Å². The van der Waals surface area contributed by atoms with E-state index in [1.54, 1.807) is 24.3 Å². The van der Waals surface area contributed by atoms with E-state index in [-0.39, 0.29) is 26.4 Å². The normalized spacial score (nSPS) is 14.8. The molecule has 0 aromatic heterocycles. The Morgan fingerprint density at radius 3 is 2.61 bits per heavy atom. The number of non-ortho nitro benzene ring substituents is 1. The molecule has 1 saturated heterocycles. The third-order valence-corrected chi connectivity index (χ3v) is 5.64. The molecule has 2 aromatic rings. The smallest absolute Gasteiger partial charge is 0.294 e. The summed E-state index contributed by atoms with van der Waals surface area (Å²) < 4.78 is 5.09. The summed E-state index contributed by atoms with van der Waals surface area (Å²) in [6.07, 6.45) is 1.17. The van der Waals surface area contributed by atoms with Gasteiger partial charge in [0.15, 0.2) is 0 Å². The van der Waals surface area contributed by atoms with Gasteiger partial charge in [0.1, 0.15) is 18.0 Å². The lowest BCUT2D eigenvalue weighted by Gasteiger charge is -2.12. The summed E-state index contributed by atoms with van der Waals surface area (Å²) in [5.41, 5.74) is 0.128. The summed E-state index contributed by atoms with van der Waals surface area (Å²) in [5.74, 6) is -1.06. The van der Waals surface area contributed by atoms with Gasteiger partial charge in [-0.3, -0.25) is 29.4 Å². The number of imide groups is 1. The highest BCUT2D eigenvalue weighted by atomic mass is 79.9. The molecule has 160 valence electrons. The highest BCUT2D eigenvalue weighted by Crippen LogP contribution is 2.38. The number of phenolic OH excluding ortho intramolecular Hbond substituents is 1. The number of carbonyl (C=O) groups is 3. The summed E-state index contributed by atoms with van der Waals surface area (Å²) in [6, 6.07) is 8.68. The van der Waals surface area contributed by atoms with Crippen LogP contribution in [0.15, 0.2) is 45.8 Å². The van der Waals surface area contributed by atoms with Gasteiger partial charge >= 0.3 is 0 Å². The number of thioether (sulfide) groups is 1. The molecule has 0 unspecified atom stereocenters. The lowest BCUT2D eigenvalue weighted by Crippen LogP contribution is -2.36. The second-order valence-electron chi connectivity index (χ2n) is 6.17. The molecule has 3 rings (SSSR count). The van der Waals surface area contributed by atoms with Gasteiger partial charge in [-0.05, 0) is 58.0 Å². The number of aromatic hydroxyl groups is 1. The largest absolute Gasteiger partial charge is 0.506 e. The van der Waals surface area contributed by atoms with Crippen LogP contribution in [0, 0.1) is 10.1 Å². The Labute approximate surface area is 188 Å². The van der Waals surface area contributed by atoms with Crippen molar-refractivity contribution in [3.8, 4) is 11.5 Å². The van der Waals surface area contributed by atoms with Crippen LogP contribution < -0.4 is 10.1 Å². The van der Waals surface area contributed by atoms with Crippen molar-refractivity contribution >= 4 is 62.2 Å². The van der Waals surface area contributed by atoms with E-state index in [9.17, 15) is 29.6 Å². The van der Waals surface area contributed by atoms with Crippen molar-refractivity contribution in [2.75, 3.05) is 19.0 Å². The lowest BCUT2D eigenvalue weighted by atomic mass is 10.1. The van der Waals surface area contributed by atoms with Gasteiger partial charge < -0.3 is 15.2 Å². The van der Waals surface area contributed by atoms with Crippen molar-refractivity contribution in [1.29, 1.82) is 0 Å². The number of ether oxygens (including phenoxy) is 1. The van der Waals surface area contributed by atoms with Crippen LogP contribution in [0.25, 0.3) is 6.08 Å². The molecule has 0 spiro atoms. The van der Waals surface area contributed by atoms with Gasteiger partial charge in [-0.1, -0.05) is 0 Å².